The lowest BCUT2D eigenvalue weighted by Gasteiger charge is -2.16. The van der Waals surface area contributed by atoms with Gasteiger partial charge in [0.05, 0.1) is 16.3 Å². The fourth-order valence-corrected chi connectivity index (χ4v) is 5.14. The molecule has 1 atom stereocenters. The largest absolute Gasteiger partial charge is 0.282 e. The van der Waals surface area contributed by atoms with Crippen LogP contribution in [0.15, 0.2) is 18.2 Å². The molecule has 0 amide bonds. The normalized spacial score (nSPS) is 20.2. The summed E-state index contributed by atoms with van der Waals surface area (Å²) < 4.78 is 25.8. The van der Waals surface area contributed by atoms with E-state index in [-0.39, 0.29) is 0 Å². The van der Waals surface area contributed by atoms with Crippen LogP contribution in [0.2, 0.25) is 4.34 Å². The highest BCUT2D eigenvalue weighted by Gasteiger charge is 2.24. The second-order valence-electron chi connectivity index (χ2n) is 6.31. The molecule has 5 nitrogen and oxygen atoms in total. The molecule has 1 N–H and O–H groups in total. The summed E-state index contributed by atoms with van der Waals surface area (Å²) in [6, 6.07) is 6.13. The van der Waals surface area contributed by atoms with Gasteiger partial charge in [0, 0.05) is 29.6 Å². The van der Waals surface area contributed by atoms with Crippen LogP contribution < -0.4 is 0 Å². The monoisotopic (exact) mass is 387 g/mol. The van der Waals surface area contributed by atoms with Crippen molar-refractivity contribution >= 4 is 33.0 Å². The van der Waals surface area contributed by atoms with E-state index in [0.717, 1.165) is 47.8 Å². The Morgan fingerprint density at radius 1 is 1.33 bits per heavy atom. The molecule has 2 aromatic rings. The van der Waals surface area contributed by atoms with Gasteiger partial charge in [0.25, 0.3) is 0 Å². The first-order valence-electron chi connectivity index (χ1n) is 8.15. The Balaban J connectivity index is 1.58. The Hall–Kier alpha value is -0.890. The van der Waals surface area contributed by atoms with Crippen LogP contribution in [0.25, 0.3) is 0 Å². The zero-order valence-corrected chi connectivity index (χ0v) is 16.1. The van der Waals surface area contributed by atoms with E-state index in [4.69, 9.17) is 11.6 Å². The zero-order valence-electron chi connectivity index (χ0n) is 13.7. The average Bonchev–Trinajstić information content (AvgIpc) is 3.06. The number of nitrogens with one attached hydrogen (secondary N) is 1. The number of aromatic nitrogens is 2. The van der Waals surface area contributed by atoms with E-state index < -0.39 is 10.0 Å². The number of sulfonamides is 1. The Bertz CT molecular complexity index is 785. The van der Waals surface area contributed by atoms with Crippen molar-refractivity contribution in [2.75, 3.05) is 19.3 Å². The maximum absolute atomic E-state index is 11.7. The minimum Gasteiger partial charge on any atom is -0.282 e. The van der Waals surface area contributed by atoms with Gasteiger partial charge in [-0.25, -0.2) is 12.7 Å². The van der Waals surface area contributed by atoms with Gasteiger partial charge in [-0.1, -0.05) is 11.6 Å². The first-order valence-corrected chi connectivity index (χ1v) is 11.2. The number of rotatable bonds is 5. The Labute approximate surface area is 152 Å². The first-order chi connectivity index (χ1) is 11.4. The van der Waals surface area contributed by atoms with Crippen molar-refractivity contribution in [1.29, 1.82) is 0 Å². The third-order valence-electron chi connectivity index (χ3n) is 4.49. The maximum Gasteiger partial charge on any atom is 0.211 e. The molecule has 8 heteroatoms. The molecule has 0 bridgehead atoms. The van der Waals surface area contributed by atoms with E-state index in [1.54, 1.807) is 15.6 Å². The molecule has 3 rings (SSSR count). The third-order valence-corrected chi connectivity index (χ3v) is 7.09. The molecule has 0 radical (unpaired) electrons. The highest BCUT2D eigenvalue weighted by molar-refractivity contribution is 7.88. The van der Waals surface area contributed by atoms with Gasteiger partial charge >= 0.3 is 0 Å². The smallest absolute Gasteiger partial charge is 0.211 e. The molecule has 132 valence electrons. The molecule has 0 spiro atoms. The first kappa shape index (κ1) is 17.9. The van der Waals surface area contributed by atoms with E-state index in [1.165, 1.54) is 11.1 Å². The lowest BCUT2D eigenvalue weighted by Crippen LogP contribution is -2.30. The fourth-order valence-electron chi connectivity index (χ4n) is 3.16. The summed E-state index contributed by atoms with van der Waals surface area (Å²) in [4.78, 5) is 1.27. The van der Waals surface area contributed by atoms with Crippen LogP contribution in [0.3, 0.4) is 0 Å². The molecule has 0 saturated carbocycles. The van der Waals surface area contributed by atoms with Crippen molar-refractivity contribution in [3.8, 4) is 0 Å². The summed E-state index contributed by atoms with van der Waals surface area (Å²) in [5, 5.41) is 7.60. The fraction of sp³-hybridized carbons (Fsp3) is 0.562. The van der Waals surface area contributed by atoms with Crippen LogP contribution in [0.5, 0.6) is 0 Å². The average molecular weight is 388 g/mol. The number of H-pyrrole nitrogens is 1. The molecule has 1 fully saturated rings. The lowest BCUT2D eigenvalue weighted by molar-refractivity contribution is 0.425. The van der Waals surface area contributed by atoms with Crippen molar-refractivity contribution in [3.63, 3.8) is 0 Å². The molecule has 24 heavy (non-hydrogen) atoms. The van der Waals surface area contributed by atoms with Gasteiger partial charge in [-0.3, -0.25) is 5.10 Å². The third kappa shape index (κ3) is 4.59. The van der Waals surface area contributed by atoms with Gasteiger partial charge in [-0.05, 0) is 50.3 Å². The molecule has 1 aliphatic heterocycles. The summed E-state index contributed by atoms with van der Waals surface area (Å²) in [6.45, 7) is 1.20. The summed E-state index contributed by atoms with van der Waals surface area (Å²) in [5.74, 6) is 0.331. The van der Waals surface area contributed by atoms with Crippen LogP contribution in [-0.2, 0) is 22.9 Å². The van der Waals surface area contributed by atoms with Gasteiger partial charge in [-0.15, -0.1) is 11.3 Å². The topological polar surface area (TPSA) is 66.1 Å². The van der Waals surface area contributed by atoms with Gasteiger partial charge in [0.15, 0.2) is 0 Å². The summed E-state index contributed by atoms with van der Waals surface area (Å²) in [5.41, 5.74) is 2.18. The van der Waals surface area contributed by atoms with E-state index in [2.05, 4.69) is 22.3 Å². The van der Waals surface area contributed by atoms with Gasteiger partial charge in [0.2, 0.25) is 10.0 Å². The standard InChI is InChI=1S/C16H22ClN3O2S2/c1-24(21,22)20-9-2-3-12(8-10-20)15-11-13(18-19-15)4-5-14-6-7-16(17)23-14/h6-7,11-12H,2-5,8-10H2,1H3,(H,18,19). The summed E-state index contributed by atoms with van der Waals surface area (Å²) in [7, 11) is -3.09. The zero-order chi connectivity index (χ0) is 17.2. The molecule has 2 aromatic heterocycles. The minimum absolute atomic E-state index is 0.331. The van der Waals surface area contributed by atoms with Crippen molar-refractivity contribution in [2.45, 2.75) is 38.0 Å². The van der Waals surface area contributed by atoms with E-state index in [9.17, 15) is 8.42 Å². The van der Waals surface area contributed by atoms with Crippen molar-refractivity contribution in [3.05, 3.63) is 38.8 Å². The van der Waals surface area contributed by atoms with Crippen LogP contribution in [-0.4, -0.2) is 42.3 Å². The number of hydrogen-bond donors (Lipinski definition) is 1. The number of thiophene rings is 1. The number of halogens is 1. The number of nitrogens with zero attached hydrogens (tertiary/aromatic N) is 2. The van der Waals surface area contributed by atoms with E-state index >= 15 is 0 Å². The van der Waals surface area contributed by atoms with Crippen molar-refractivity contribution in [2.24, 2.45) is 0 Å². The van der Waals surface area contributed by atoms with Gasteiger partial charge < -0.3 is 0 Å². The van der Waals surface area contributed by atoms with E-state index in [0.29, 0.717) is 19.0 Å². The molecule has 1 saturated heterocycles. The predicted molar refractivity (Wildman–Crippen MR) is 98.3 cm³/mol. The minimum atomic E-state index is -3.09. The van der Waals surface area contributed by atoms with Crippen LogP contribution >= 0.6 is 22.9 Å². The molecular weight excluding hydrogens is 366 g/mol. The molecule has 1 unspecified atom stereocenters. The predicted octanol–water partition coefficient (Wildman–Crippen LogP) is 3.44. The lowest BCUT2D eigenvalue weighted by atomic mass is 9.96. The van der Waals surface area contributed by atoms with Crippen LogP contribution in [0.1, 0.15) is 41.4 Å². The molecule has 0 aromatic carbocycles. The summed E-state index contributed by atoms with van der Waals surface area (Å²) >= 11 is 7.57. The highest BCUT2D eigenvalue weighted by Crippen LogP contribution is 2.28. The number of aryl methyl sites for hydroxylation is 2. The van der Waals surface area contributed by atoms with Gasteiger partial charge in [-0.2, -0.15) is 5.10 Å². The SMILES string of the molecule is CS(=O)(=O)N1CCCC(c2cc(CCc3ccc(Cl)s3)[nH]n2)CC1. The van der Waals surface area contributed by atoms with Crippen LogP contribution in [0.4, 0.5) is 0 Å². The summed E-state index contributed by atoms with van der Waals surface area (Å²) in [6.07, 6.45) is 5.84. The Morgan fingerprint density at radius 2 is 2.17 bits per heavy atom. The van der Waals surface area contributed by atoms with E-state index in [1.807, 2.05) is 6.07 Å². The van der Waals surface area contributed by atoms with Crippen LogP contribution in [0, 0.1) is 0 Å². The Kier molecular flexibility index (Phi) is 5.64. The van der Waals surface area contributed by atoms with Crippen molar-refractivity contribution in [1.82, 2.24) is 14.5 Å². The van der Waals surface area contributed by atoms with Gasteiger partial charge in [0.1, 0.15) is 0 Å². The molecule has 1 aliphatic rings. The highest BCUT2D eigenvalue weighted by atomic mass is 35.5. The quantitative estimate of drug-likeness (QED) is 0.854. The Morgan fingerprint density at radius 3 is 2.88 bits per heavy atom. The number of aromatic amines is 1. The molecular formula is C16H22ClN3O2S2. The second kappa shape index (κ2) is 7.56. The second-order valence-corrected chi connectivity index (χ2v) is 10.1. The molecule has 3 heterocycles. The number of hydrogen-bond acceptors (Lipinski definition) is 4. The van der Waals surface area contributed by atoms with Crippen molar-refractivity contribution < 1.29 is 8.42 Å². The maximum atomic E-state index is 11.7. The molecule has 0 aliphatic carbocycles.